The molecule has 0 aliphatic rings. The van der Waals surface area contributed by atoms with E-state index < -0.39 is 0 Å². The Balaban J connectivity index is 1.50. The van der Waals surface area contributed by atoms with Crippen molar-refractivity contribution in [1.29, 1.82) is 0 Å². The van der Waals surface area contributed by atoms with Gasteiger partial charge in [-0.05, 0) is 53.1 Å². The van der Waals surface area contributed by atoms with Crippen molar-refractivity contribution in [1.82, 2.24) is 5.43 Å². The van der Waals surface area contributed by atoms with Gasteiger partial charge >= 0.3 is 0 Å². The first-order valence-electron chi connectivity index (χ1n) is 11.0. The van der Waals surface area contributed by atoms with Crippen molar-refractivity contribution in [3.8, 4) is 11.5 Å². The fourth-order valence-corrected chi connectivity index (χ4v) is 3.41. The number of benzene rings is 4. The van der Waals surface area contributed by atoms with Gasteiger partial charge in [0.25, 0.3) is 5.91 Å². The van der Waals surface area contributed by atoms with Crippen LogP contribution in [0.3, 0.4) is 0 Å². The number of fused-ring (bicyclic) bond motifs is 1. The average molecular weight is 439 g/mol. The zero-order valence-electron chi connectivity index (χ0n) is 18.5. The van der Waals surface area contributed by atoms with E-state index in [9.17, 15) is 4.79 Å². The molecule has 166 valence electrons. The molecule has 1 N–H and O–H groups in total. The summed E-state index contributed by atoms with van der Waals surface area (Å²) in [6, 6.07) is 29.0. The highest BCUT2D eigenvalue weighted by molar-refractivity contribution is 6.03. The van der Waals surface area contributed by atoms with Crippen molar-refractivity contribution in [3.05, 3.63) is 108 Å². The van der Waals surface area contributed by atoms with Crippen LogP contribution in [0.4, 0.5) is 0 Å². The number of carbonyl (C=O) groups is 1. The topological polar surface area (TPSA) is 59.9 Å². The summed E-state index contributed by atoms with van der Waals surface area (Å²) in [7, 11) is 0. The van der Waals surface area contributed by atoms with E-state index in [0.717, 1.165) is 34.1 Å². The normalized spacial score (nSPS) is 10.9. The lowest BCUT2D eigenvalue weighted by atomic mass is 10.0. The molecule has 0 fully saturated rings. The second kappa shape index (κ2) is 11.0. The number of carbonyl (C=O) groups excluding carboxylic acids is 1. The number of ether oxygens (including phenoxy) is 2. The first-order chi connectivity index (χ1) is 16.2. The molecule has 4 rings (SSSR count). The van der Waals surface area contributed by atoms with Crippen molar-refractivity contribution in [2.45, 2.75) is 20.0 Å². The minimum absolute atomic E-state index is 0.291. The molecule has 0 spiro atoms. The standard InChI is InChI=1S/C28H26N2O3/c1-2-18-32-24-15-12-23(13-16-24)28(31)30-29-19-26-25-11-7-6-10-22(25)14-17-27(26)33-20-21-8-4-3-5-9-21/h3-17,19H,2,18,20H2,1H3,(H,30,31)/b29-19-. The highest BCUT2D eigenvalue weighted by atomic mass is 16.5. The Morgan fingerprint density at radius 2 is 1.64 bits per heavy atom. The summed E-state index contributed by atoms with van der Waals surface area (Å²) in [5, 5.41) is 6.29. The van der Waals surface area contributed by atoms with Gasteiger partial charge in [-0.3, -0.25) is 4.79 Å². The highest BCUT2D eigenvalue weighted by Crippen LogP contribution is 2.27. The van der Waals surface area contributed by atoms with E-state index in [1.54, 1.807) is 30.5 Å². The molecule has 5 nitrogen and oxygen atoms in total. The van der Waals surface area contributed by atoms with Crippen molar-refractivity contribution < 1.29 is 14.3 Å². The van der Waals surface area contributed by atoms with E-state index in [0.29, 0.717) is 24.5 Å². The zero-order valence-corrected chi connectivity index (χ0v) is 18.5. The Hall–Kier alpha value is -4.12. The summed E-state index contributed by atoms with van der Waals surface area (Å²) in [5.74, 6) is 1.15. The van der Waals surface area contributed by atoms with Gasteiger partial charge in [0, 0.05) is 11.1 Å². The molecule has 0 aliphatic carbocycles. The number of hydrogen-bond acceptors (Lipinski definition) is 4. The summed E-state index contributed by atoms with van der Waals surface area (Å²) in [5.41, 5.74) is 5.01. The predicted octanol–water partition coefficient (Wildman–Crippen LogP) is 5.97. The largest absolute Gasteiger partial charge is 0.494 e. The third-order valence-corrected chi connectivity index (χ3v) is 5.12. The Labute approximate surface area is 193 Å². The van der Waals surface area contributed by atoms with Gasteiger partial charge in [-0.25, -0.2) is 5.43 Å². The first kappa shape index (κ1) is 22.1. The zero-order chi connectivity index (χ0) is 22.9. The molecule has 0 atom stereocenters. The number of hydrogen-bond donors (Lipinski definition) is 1. The van der Waals surface area contributed by atoms with E-state index in [1.165, 1.54) is 0 Å². The molecule has 0 saturated heterocycles. The maximum atomic E-state index is 12.5. The van der Waals surface area contributed by atoms with Gasteiger partial charge in [0.1, 0.15) is 18.1 Å². The van der Waals surface area contributed by atoms with Gasteiger partial charge in [-0.2, -0.15) is 5.10 Å². The van der Waals surface area contributed by atoms with E-state index in [1.807, 2.05) is 73.7 Å². The fraction of sp³-hybridized carbons (Fsp3) is 0.143. The number of hydrazone groups is 1. The van der Waals surface area contributed by atoms with Crippen molar-refractivity contribution in [2.75, 3.05) is 6.61 Å². The van der Waals surface area contributed by atoms with Crippen LogP contribution in [-0.2, 0) is 6.61 Å². The van der Waals surface area contributed by atoms with Gasteiger partial charge in [0.15, 0.2) is 0 Å². The minimum Gasteiger partial charge on any atom is -0.494 e. The Kier molecular flexibility index (Phi) is 7.33. The van der Waals surface area contributed by atoms with E-state index in [4.69, 9.17) is 9.47 Å². The van der Waals surface area contributed by atoms with Crippen LogP contribution in [0, 0.1) is 0 Å². The summed E-state index contributed by atoms with van der Waals surface area (Å²) in [4.78, 5) is 12.5. The number of nitrogens with one attached hydrogen (secondary N) is 1. The molecule has 0 unspecified atom stereocenters. The maximum absolute atomic E-state index is 12.5. The monoisotopic (exact) mass is 438 g/mol. The van der Waals surface area contributed by atoms with Crippen LogP contribution >= 0.6 is 0 Å². The molecule has 0 bridgehead atoms. The molecule has 0 aromatic heterocycles. The van der Waals surface area contributed by atoms with Gasteiger partial charge in [-0.1, -0.05) is 67.6 Å². The molecule has 0 radical (unpaired) electrons. The molecule has 0 saturated carbocycles. The lowest BCUT2D eigenvalue weighted by molar-refractivity contribution is 0.0955. The van der Waals surface area contributed by atoms with Crippen molar-refractivity contribution >= 4 is 22.9 Å². The summed E-state index contributed by atoms with van der Waals surface area (Å²) in [6.07, 6.45) is 2.57. The Morgan fingerprint density at radius 1 is 0.879 bits per heavy atom. The van der Waals surface area contributed by atoms with Crippen LogP contribution in [0.5, 0.6) is 11.5 Å². The van der Waals surface area contributed by atoms with Crippen LogP contribution in [0.15, 0.2) is 96.1 Å². The van der Waals surface area contributed by atoms with E-state index in [2.05, 4.69) is 10.5 Å². The fourth-order valence-electron chi connectivity index (χ4n) is 3.41. The predicted molar refractivity (Wildman–Crippen MR) is 132 cm³/mol. The maximum Gasteiger partial charge on any atom is 0.271 e. The van der Waals surface area contributed by atoms with Gasteiger partial charge in [0.05, 0.1) is 12.8 Å². The van der Waals surface area contributed by atoms with Crippen LogP contribution in [-0.4, -0.2) is 18.7 Å². The summed E-state index contributed by atoms with van der Waals surface area (Å²) < 4.78 is 11.7. The first-order valence-corrected chi connectivity index (χ1v) is 11.0. The molecule has 0 heterocycles. The quantitative estimate of drug-likeness (QED) is 0.259. The van der Waals surface area contributed by atoms with Gasteiger partial charge in [-0.15, -0.1) is 0 Å². The molecular weight excluding hydrogens is 412 g/mol. The Bertz CT molecular complexity index is 1240. The SMILES string of the molecule is CCCOc1ccc(C(=O)N/N=C\c2c(OCc3ccccc3)ccc3ccccc23)cc1. The average Bonchev–Trinajstić information content (AvgIpc) is 2.87. The molecule has 0 aliphatic heterocycles. The molecule has 4 aromatic carbocycles. The van der Waals surface area contributed by atoms with Crippen molar-refractivity contribution in [2.24, 2.45) is 5.10 Å². The van der Waals surface area contributed by atoms with Crippen LogP contribution < -0.4 is 14.9 Å². The lowest BCUT2D eigenvalue weighted by Gasteiger charge is -2.12. The molecule has 33 heavy (non-hydrogen) atoms. The number of rotatable bonds is 9. The van der Waals surface area contributed by atoms with E-state index in [-0.39, 0.29) is 5.91 Å². The Morgan fingerprint density at radius 3 is 2.42 bits per heavy atom. The number of amides is 1. The smallest absolute Gasteiger partial charge is 0.271 e. The van der Waals surface area contributed by atoms with Gasteiger partial charge in [0.2, 0.25) is 0 Å². The second-order valence-electron chi connectivity index (χ2n) is 7.54. The van der Waals surface area contributed by atoms with Gasteiger partial charge < -0.3 is 9.47 Å². The summed E-state index contributed by atoms with van der Waals surface area (Å²) >= 11 is 0. The van der Waals surface area contributed by atoms with Crippen LogP contribution in [0.25, 0.3) is 10.8 Å². The molecule has 1 amide bonds. The minimum atomic E-state index is -0.291. The van der Waals surface area contributed by atoms with E-state index >= 15 is 0 Å². The molecule has 5 heteroatoms. The van der Waals surface area contributed by atoms with Crippen LogP contribution in [0.1, 0.15) is 34.8 Å². The third kappa shape index (κ3) is 5.77. The highest BCUT2D eigenvalue weighted by Gasteiger charge is 2.09. The lowest BCUT2D eigenvalue weighted by Crippen LogP contribution is -2.17. The summed E-state index contributed by atoms with van der Waals surface area (Å²) in [6.45, 7) is 3.14. The molecule has 4 aromatic rings. The van der Waals surface area contributed by atoms with Crippen molar-refractivity contribution in [3.63, 3.8) is 0 Å². The molecular formula is C28H26N2O3. The second-order valence-corrected chi connectivity index (χ2v) is 7.54. The van der Waals surface area contributed by atoms with Crippen LogP contribution in [0.2, 0.25) is 0 Å². The third-order valence-electron chi connectivity index (χ3n) is 5.12. The number of nitrogens with zero attached hydrogens (tertiary/aromatic N) is 1.